The molecule has 6 nitrogen and oxygen atoms in total. The Morgan fingerprint density at radius 2 is 1.96 bits per heavy atom. The number of nitrogens with one attached hydrogen (secondary N) is 2. The highest BCUT2D eigenvalue weighted by Crippen LogP contribution is 2.21. The van der Waals surface area contributed by atoms with Gasteiger partial charge in [0.15, 0.2) is 5.13 Å². The summed E-state index contributed by atoms with van der Waals surface area (Å²) in [4.78, 5) is 27.0. The third-order valence-corrected chi connectivity index (χ3v) is 4.32. The Morgan fingerprint density at radius 3 is 2.65 bits per heavy atom. The topological polar surface area (TPSA) is 91.3 Å². The lowest BCUT2D eigenvalue weighted by Crippen LogP contribution is -2.20. The number of carbonyl (C=O) groups excluding carboxylic acids is 1. The lowest BCUT2D eigenvalue weighted by molar-refractivity contribution is -0.136. The number of aliphatic carboxylic acids is 1. The van der Waals surface area contributed by atoms with Gasteiger partial charge in [-0.25, -0.2) is 9.78 Å². The molecule has 7 heteroatoms. The zero-order valence-electron chi connectivity index (χ0n) is 14.7. The molecule has 0 aliphatic rings. The van der Waals surface area contributed by atoms with Crippen LogP contribution in [0.3, 0.4) is 0 Å². The minimum Gasteiger partial charge on any atom is -0.481 e. The second kappa shape index (κ2) is 9.53. The van der Waals surface area contributed by atoms with Crippen molar-refractivity contribution in [2.75, 3.05) is 10.6 Å². The standard InChI is InChI=1S/C19H21N3O3S/c1-3-7-13(4-2)10-14-8-5-6-9-16(14)21-18(25)22-19-20-15(12-26-19)11-17(23)24/h3-9,12H,10-11H2,1-2H3,(H,23,24)(H2,20,21,22,25)/b7-3-,13-4+. The van der Waals surface area contributed by atoms with E-state index in [0.717, 1.165) is 16.8 Å². The predicted molar refractivity (Wildman–Crippen MR) is 105 cm³/mol. The summed E-state index contributed by atoms with van der Waals surface area (Å²) in [7, 11) is 0. The molecule has 3 N–H and O–H groups in total. The summed E-state index contributed by atoms with van der Waals surface area (Å²) in [5, 5.41) is 16.2. The Bertz CT molecular complexity index is 840. The number of allylic oxidation sites excluding steroid dienone is 4. The minimum absolute atomic E-state index is 0.167. The van der Waals surface area contributed by atoms with E-state index >= 15 is 0 Å². The van der Waals surface area contributed by atoms with Crippen LogP contribution in [0, 0.1) is 0 Å². The smallest absolute Gasteiger partial charge is 0.325 e. The van der Waals surface area contributed by atoms with Crippen LogP contribution in [-0.4, -0.2) is 22.1 Å². The number of para-hydroxylation sites is 1. The number of amides is 2. The number of carboxylic acid groups (broad SMARTS) is 1. The number of benzene rings is 1. The molecule has 0 aliphatic heterocycles. The largest absolute Gasteiger partial charge is 0.481 e. The lowest BCUT2D eigenvalue weighted by atomic mass is 10.0. The summed E-state index contributed by atoms with van der Waals surface area (Å²) >= 11 is 1.19. The number of rotatable bonds is 7. The molecule has 2 amide bonds. The Balaban J connectivity index is 2.05. The molecule has 26 heavy (non-hydrogen) atoms. The number of nitrogens with zero attached hydrogens (tertiary/aromatic N) is 1. The predicted octanol–water partition coefficient (Wildman–Crippen LogP) is 4.48. The molecule has 0 aliphatic carbocycles. The molecule has 2 rings (SSSR count). The summed E-state index contributed by atoms with van der Waals surface area (Å²) in [6, 6.07) is 7.19. The number of carbonyl (C=O) groups is 2. The fourth-order valence-corrected chi connectivity index (χ4v) is 3.04. The van der Waals surface area contributed by atoms with Crippen molar-refractivity contribution in [2.45, 2.75) is 26.7 Å². The third kappa shape index (κ3) is 5.86. The van der Waals surface area contributed by atoms with Gasteiger partial charge in [0.25, 0.3) is 0 Å². The molecular formula is C19H21N3O3S. The van der Waals surface area contributed by atoms with Crippen LogP contribution in [0.25, 0.3) is 0 Å². The SMILES string of the molecule is C/C=C\C(=C/C)Cc1ccccc1NC(=O)Nc1nc(CC(=O)O)cs1. The number of carboxylic acids is 1. The minimum atomic E-state index is -0.957. The first-order valence-electron chi connectivity index (χ1n) is 8.11. The van der Waals surface area contributed by atoms with Crippen LogP contribution < -0.4 is 10.6 Å². The second-order valence-corrected chi connectivity index (χ2v) is 6.35. The summed E-state index contributed by atoms with van der Waals surface area (Å²) < 4.78 is 0. The van der Waals surface area contributed by atoms with Gasteiger partial charge in [-0.3, -0.25) is 10.1 Å². The van der Waals surface area contributed by atoms with Crippen LogP contribution in [0.1, 0.15) is 25.1 Å². The Hall–Kier alpha value is -2.93. The quantitative estimate of drug-likeness (QED) is 0.626. The molecule has 0 bridgehead atoms. The van der Waals surface area contributed by atoms with E-state index in [1.165, 1.54) is 11.3 Å². The first-order chi connectivity index (χ1) is 12.5. The number of hydrogen-bond acceptors (Lipinski definition) is 4. The summed E-state index contributed by atoms with van der Waals surface area (Å²) in [6.45, 7) is 3.95. The molecule has 2 aromatic rings. The van der Waals surface area contributed by atoms with Gasteiger partial charge in [-0.05, 0) is 37.5 Å². The molecule has 1 heterocycles. The summed E-state index contributed by atoms with van der Waals surface area (Å²) in [6.07, 6.45) is 6.60. The molecule has 0 unspecified atom stereocenters. The average Bonchev–Trinajstić information content (AvgIpc) is 3.02. The molecule has 0 atom stereocenters. The first-order valence-corrected chi connectivity index (χ1v) is 8.99. The number of aromatic nitrogens is 1. The maximum Gasteiger partial charge on any atom is 0.325 e. The van der Waals surface area contributed by atoms with Gasteiger partial charge in [0.1, 0.15) is 0 Å². The van der Waals surface area contributed by atoms with Gasteiger partial charge in [0.2, 0.25) is 0 Å². The van der Waals surface area contributed by atoms with Crippen LogP contribution in [0.5, 0.6) is 0 Å². The van der Waals surface area contributed by atoms with E-state index in [4.69, 9.17) is 5.11 Å². The van der Waals surface area contributed by atoms with Gasteiger partial charge in [-0.2, -0.15) is 0 Å². The van der Waals surface area contributed by atoms with Crippen molar-refractivity contribution in [2.24, 2.45) is 0 Å². The number of hydrogen-bond donors (Lipinski definition) is 3. The van der Waals surface area contributed by atoms with Gasteiger partial charge in [0, 0.05) is 11.1 Å². The monoisotopic (exact) mass is 371 g/mol. The zero-order valence-corrected chi connectivity index (χ0v) is 15.5. The maximum atomic E-state index is 12.2. The van der Waals surface area contributed by atoms with Gasteiger partial charge >= 0.3 is 12.0 Å². The highest BCUT2D eigenvalue weighted by Gasteiger charge is 2.11. The molecule has 136 valence electrons. The van der Waals surface area contributed by atoms with Crippen molar-refractivity contribution in [3.8, 4) is 0 Å². The summed E-state index contributed by atoms with van der Waals surface area (Å²) in [5.74, 6) is -0.957. The van der Waals surface area contributed by atoms with E-state index in [1.54, 1.807) is 5.38 Å². The van der Waals surface area contributed by atoms with Gasteiger partial charge in [0.05, 0.1) is 12.1 Å². The molecule has 1 aromatic heterocycles. The van der Waals surface area contributed by atoms with Crippen molar-refractivity contribution in [1.29, 1.82) is 0 Å². The van der Waals surface area contributed by atoms with Crippen LogP contribution >= 0.6 is 11.3 Å². The number of thiazole rings is 1. The van der Waals surface area contributed by atoms with Gasteiger partial charge in [-0.1, -0.05) is 36.4 Å². The lowest BCUT2D eigenvalue weighted by Gasteiger charge is -2.11. The normalized spacial score (nSPS) is 11.5. The molecular weight excluding hydrogens is 350 g/mol. The number of urea groups is 1. The summed E-state index contributed by atoms with van der Waals surface area (Å²) in [5.41, 5.74) is 3.29. The van der Waals surface area contributed by atoms with Crippen LogP contribution in [0.15, 0.2) is 53.4 Å². The fourth-order valence-electron chi connectivity index (χ4n) is 2.34. The molecule has 1 aromatic carbocycles. The van der Waals surface area contributed by atoms with Crippen molar-refractivity contribution in [1.82, 2.24) is 4.98 Å². The van der Waals surface area contributed by atoms with Crippen molar-refractivity contribution in [3.63, 3.8) is 0 Å². The third-order valence-electron chi connectivity index (χ3n) is 3.52. The van der Waals surface area contributed by atoms with E-state index in [9.17, 15) is 9.59 Å². The Morgan fingerprint density at radius 1 is 1.19 bits per heavy atom. The van der Waals surface area contributed by atoms with Crippen LogP contribution in [0.2, 0.25) is 0 Å². The van der Waals surface area contributed by atoms with Gasteiger partial charge in [-0.15, -0.1) is 11.3 Å². The molecule has 0 spiro atoms. The second-order valence-electron chi connectivity index (χ2n) is 5.49. The van der Waals surface area contributed by atoms with Crippen molar-refractivity contribution in [3.05, 3.63) is 64.7 Å². The van der Waals surface area contributed by atoms with Gasteiger partial charge < -0.3 is 10.4 Å². The van der Waals surface area contributed by atoms with Crippen molar-refractivity contribution < 1.29 is 14.7 Å². The van der Waals surface area contributed by atoms with Crippen LogP contribution in [0.4, 0.5) is 15.6 Å². The van der Waals surface area contributed by atoms with E-state index in [-0.39, 0.29) is 6.42 Å². The Kier molecular flexibility index (Phi) is 7.11. The molecule has 0 saturated carbocycles. The molecule has 0 radical (unpaired) electrons. The fraction of sp³-hybridized carbons (Fsp3) is 0.211. The zero-order chi connectivity index (χ0) is 18.9. The first kappa shape index (κ1) is 19.4. The van der Waals surface area contributed by atoms with Crippen LogP contribution in [-0.2, 0) is 17.6 Å². The van der Waals surface area contributed by atoms with E-state index < -0.39 is 12.0 Å². The van der Waals surface area contributed by atoms with E-state index in [2.05, 4.69) is 15.6 Å². The van der Waals surface area contributed by atoms with E-state index in [0.29, 0.717) is 17.2 Å². The maximum absolute atomic E-state index is 12.2. The highest BCUT2D eigenvalue weighted by molar-refractivity contribution is 7.13. The number of anilines is 2. The molecule has 0 saturated heterocycles. The Labute approximate surface area is 156 Å². The highest BCUT2D eigenvalue weighted by atomic mass is 32.1. The average molecular weight is 371 g/mol. The van der Waals surface area contributed by atoms with E-state index in [1.807, 2.05) is 56.3 Å². The molecule has 0 fully saturated rings. The van der Waals surface area contributed by atoms with Crippen molar-refractivity contribution >= 4 is 34.2 Å².